The molecule has 44 heavy (non-hydrogen) atoms. The van der Waals surface area contributed by atoms with Crippen molar-refractivity contribution in [2.75, 3.05) is 6.61 Å². The van der Waals surface area contributed by atoms with Gasteiger partial charge in [-0.1, -0.05) is 159 Å². The van der Waals surface area contributed by atoms with E-state index in [0.29, 0.717) is 0 Å². The summed E-state index contributed by atoms with van der Waals surface area (Å²) >= 11 is 0. The van der Waals surface area contributed by atoms with Gasteiger partial charge in [0.2, 0.25) is 0 Å². The quantitative estimate of drug-likeness (QED) is 0.0648. The molecule has 1 aliphatic heterocycles. The molecule has 0 radical (unpaired) electrons. The van der Waals surface area contributed by atoms with Gasteiger partial charge in [-0.15, -0.1) is 0 Å². The van der Waals surface area contributed by atoms with Gasteiger partial charge in [-0.2, -0.15) is 0 Å². The maximum atomic E-state index is 6.97. The van der Waals surface area contributed by atoms with E-state index in [-0.39, 0.29) is 11.4 Å². The molecular weight excluding hydrogens is 536 g/mol. The van der Waals surface area contributed by atoms with E-state index in [1.165, 1.54) is 161 Å². The minimum Gasteiger partial charge on any atom is -0.347 e. The normalized spacial score (nSPS) is 18.3. The van der Waals surface area contributed by atoms with E-state index in [1.54, 1.807) is 0 Å². The summed E-state index contributed by atoms with van der Waals surface area (Å²) in [6.07, 6.45) is 55.8. The first-order chi connectivity index (χ1) is 21.7. The average Bonchev–Trinajstić information content (AvgIpc) is 3.38. The first-order valence-corrected chi connectivity index (χ1v) is 19.7. The zero-order valence-electron chi connectivity index (χ0n) is 29.6. The molecule has 1 saturated heterocycles. The van der Waals surface area contributed by atoms with Crippen molar-refractivity contribution in [3.05, 3.63) is 48.6 Å². The number of allylic oxidation sites excluding steroid dienone is 8. The summed E-state index contributed by atoms with van der Waals surface area (Å²) in [4.78, 5) is 0. The van der Waals surface area contributed by atoms with E-state index >= 15 is 0 Å². The van der Waals surface area contributed by atoms with Crippen LogP contribution in [0.15, 0.2) is 48.6 Å². The second kappa shape index (κ2) is 27.0. The summed E-state index contributed by atoms with van der Waals surface area (Å²) in [6.45, 7) is 5.36. The van der Waals surface area contributed by atoms with Crippen LogP contribution in [0.3, 0.4) is 0 Å². The van der Waals surface area contributed by atoms with Crippen LogP contribution in [0.25, 0.3) is 0 Å². The third kappa shape index (κ3) is 19.4. The number of ether oxygens (including phenoxy) is 2. The molecule has 2 heteroatoms. The highest BCUT2D eigenvalue weighted by atomic mass is 16.8. The summed E-state index contributed by atoms with van der Waals surface area (Å²) in [5.74, 6) is -0.289. The molecule has 2 fully saturated rings. The van der Waals surface area contributed by atoms with Gasteiger partial charge in [0.1, 0.15) is 0 Å². The molecule has 2 aliphatic rings. The third-order valence-corrected chi connectivity index (χ3v) is 9.78. The first-order valence-electron chi connectivity index (χ1n) is 19.7. The highest BCUT2D eigenvalue weighted by Gasteiger charge is 2.49. The molecule has 2 rings (SSSR count). The Bertz CT molecular complexity index is 708. The lowest BCUT2D eigenvalue weighted by Crippen LogP contribution is -2.38. The number of hydrogen-bond acceptors (Lipinski definition) is 2. The predicted octanol–water partition coefficient (Wildman–Crippen LogP) is 14.1. The van der Waals surface area contributed by atoms with E-state index in [9.17, 15) is 0 Å². The van der Waals surface area contributed by atoms with Crippen LogP contribution in [0.4, 0.5) is 0 Å². The van der Waals surface area contributed by atoms with Crippen molar-refractivity contribution in [1.29, 1.82) is 0 Å². The van der Waals surface area contributed by atoms with E-state index in [0.717, 1.165) is 32.3 Å². The number of hydrogen-bond donors (Lipinski definition) is 0. The average molecular weight is 611 g/mol. The fourth-order valence-corrected chi connectivity index (χ4v) is 6.92. The van der Waals surface area contributed by atoms with Gasteiger partial charge < -0.3 is 9.47 Å². The molecule has 1 saturated carbocycles. The molecule has 0 aromatic rings. The van der Waals surface area contributed by atoms with Gasteiger partial charge in [0, 0.05) is 12.8 Å². The predicted molar refractivity (Wildman–Crippen MR) is 194 cm³/mol. The minimum absolute atomic E-state index is 0.0376. The zero-order valence-corrected chi connectivity index (χ0v) is 29.6. The van der Waals surface area contributed by atoms with E-state index < -0.39 is 0 Å². The maximum absolute atomic E-state index is 6.97. The molecule has 0 amide bonds. The zero-order chi connectivity index (χ0) is 31.3. The SMILES string of the molecule is CCCC/C=C\C/C=C\CCCCCCCCC1(CCCCCCCC/C=C\C/C=C\CCCC)OCC2(CCCCC2)O1. The van der Waals surface area contributed by atoms with Crippen LogP contribution in [0.1, 0.15) is 200 Å². The molecule has 1 aliphatic carbocycles. The second-order valence-corrected chi connectivity index (χ2v) is 14.0. The van der Waals surface area contributed by atoms with E-state index in [1.807, 2.05) is 0 Å². The largest absolute Gasteiger partial charge is 0.347 e. The van der Waals surface area contributed by atoms with Gasteiger partial charge in [0.15, 0.2) is 5.79 Å². The van der Waals surface area contributed by atoms with Crippen LogP contribution < -0.4 is 0 Å². The van der Waals surface area contributed by atoms with Crippen LogP contribution in [0, 0.1) is 0 Å². The lowest BCUT2D eigenvalue weighted by Gasteiger charge is -2.35. The fraction of sp³-hybridized carbons (Fsp3) is 0.810. The summed E-state index contributed by atoms with van der Waals surface area (Å²) < 4.78 is 13.6. The molecule has 2 nitrogen and oxygen atoms in total. The second-order valence-electron chi connectivity index (χ2n) is 14.0. The van der Waals surface area contributed by atoms with Gasteiger partial charge >= 0.3 is 0 Å². The van der Waals surface area contributed by atoms with E-state index in [2.05, 4.69) is 62.5 Å². The smallest absolute Gasteiger partial charge is 0.169 e. The Morgan fingerprint density at radius 2 is 0.864 bits per heavy atom. The van der Waals surface area contributed by atoms with Crippen LogP contribution in [0.2, 0.25) is 0 Å². The number of rotatable bonds is 28. The Kier molecular flexibility index (Phi) is 24.0. The highest BCUT2D eigenvalue weighted by molar-refractivity contribution is 4.94. The van der Waals surface area contributed by atoms with Crippen molar-refractivity contribution in [1.82, 2.24) is 0 Å². The summed E-state index contributed by atoms with van der Waals surface area (Å²) in [6, 6.07) is 0. The molecule has 1 spiro atoms. The van der Waals surface area contributed by atoms with Gasteiger partial charge in [0.25, 0.3) is 0 Å². The topological polar surface area (TPSA) is 18.5 Å². The highest BCUT2D eigenvalue weighted by Crippen LogP contribution is 2.45. The monoisotopic (exact) mass is 611 g/mol. The van der Waals surface area contributed by atoms with Crippen molar-refractivity contribution in [3.8, 4) is 0 Å². The Balaban J connectivity index is 1.55. The molecule has 0 N–H and O–H groups in total. The summed E-state index contributed by atoms with van der Waals surface area (Å²) in [5, 5.41) is 0. The van der Waals surface area contributed by atoms with Crippen LogP contribution in [-0.4, -0.2) is 18.0 Å². The molecule has 254 valence electrons. The van der Waals surface area contributed by atoms with E-state index in [4.69, 9.17) is 9.47 Å². The van der Waals surface area contributed by atoms with Crippen molar-refractivity contribution < 1.29 is 9.47 Å². The van der Waals surface area contributed by atoms with Gasteiger partial charge in [0.05, 0.1) is 12.2 Å². The maximum Gasteiger partial charge on any atom is 0.169 e. The van der Waals surface area contributed by atoms with Crippen LogP contribution >= 0.6 is 0 Å². The Morgan fingerprint density at radius 3 is 1.32 bits per heavy atom. The summed E-state index contributed by atoms with van der Waals surface area (Å²) in [7, 11) is 0. The molecule has 0 atom stereocenters. The van der Waals surface area contributed by atoms with Crippen molar-refractivity contribution >= 4 is 0 Å². The van der Waals surface area contributed by atoms with Gasteiger partial charge in [-0.05, 0) is 77.0 Å². The molecule has 0 unspecified atom stereocenters. The Morgan fingerprint density at radius 1 is 0.455 bits per heavy atom. The van der Waals surface area contributed by atoms with Crippen LogP contribution in [-0.2, 0) is 9.47 Å². The Hall–Kier alpha value is -1.12. The Labute approximate surface area is 275 Å². The first kappa shape index (κ1) is 39.1. The fourth-order valence-electron chi connectivity index (χ4n) is 6.92. The molecule has 0 aromatic heterocycles. The minimum atomic E-state index is -0.289. The van der Waals surface area contributed by atoms with Crippen molar-refractivity contribution in [2.24, 2.45) is 0 Å². The lowest BCUT2D eigenvalue weighted by atomic mass is 9.85. The molecule has 1 heterocycles. The number of unbranched alkanes of at least 4 members (excludes halogenated alkanes) is 16. The van der Waals surface area contributed by atoms with Crippen molar-refractivity contribution in [3.63, 3.8) is 0 Å². The molecular formula is C42H74O2. The molecule has 0 aromatic carbocycles. The van der Waals surface area contributed by atoms with Crippen LogP contribution in [0.5, 0.6) is 0 Å². The standard InChI is InChI=1S/C42H74O2/c1-3-5-7-9-11-13-15-17-19-21-23-25-27-29-34-38-42(43-40-41(44-42)36-32-31-33-37-41)39-35-30-28-26-24-22-20-18-16-14-12-10-8-6-4-2/h9-12,15-18H,3-8,13-14,19-40H2,1-2H3/b11-9-,12-10-,17-15-,18-16-. The third-order valence-electron chi connectivity index (χ3n) is 9.78. The molecule has 0 bridgehead atoms. The summed E-state index contributed by atoms with van der Waals surface area (Å²) in [5.41, 5.74) is 0.0376. The van der Waals surface area contributed by atoms with Gasteiger partial charge in [-0.25, -0.2) is 0 Å². The lowest BCUT2D eigenvalue weighted by molar-refractivity contribution is -0.202. The van der Waals surface area contributed by atoms with Crippen molar-refractivity contribution in [2.45, 2.75) is 211 Å². The van der Waals surface area contributed by atoms with Gasteiger partial charge in [-0.3, -0.25) is 0 Å².